The number of rotatable bonds is 4. The number of oxime groups is 1. The lowest BCUT2D eigenvalue weighted by atomic mass is 9.70. The summed E-state index contributed by atoms with van der Waals surface area (Å²) in [4.78, 5) is 5.74. The molecule has 2 bridgehead atoms. The minimum atomic E-state index is 0.183. The van der Waals surface area contributed by atoms with E-state index in [4.69, 9.17) is 4.84 Å². The second-order valence-corrected chi connectivity index (χ2v) is 8.66. The summed E-state index contributed by atoms with van der Waals surface area (Å²) in [7, 11) is 0. The number of nitriles is 1. The van der Waals surface area contributed by atoms with Crippen molar-refractivity contribution in [3.05, 3.63) is 59.7 Å². The Morgan fingerprint density at radius 1 is 1.11 bits per heavy atom. The van der Waals surface area contributed by atoms with Crippen LogP contribution in [-0.2, 0) is 11.4 Å². The van der Waals surface area contributed by atoms with E-state index in [9.17, 15) is 5.26 Å². The number of hydrogen-bond acceptors (Lipinski definition) is 3. The lowest BCUT2D eigenvalue weighted by Gasteiger charge is -2.34. The average molecular weight is 358 g/mol. The van der Waals surface area contributed by atoms with Crippen LogP contribution in [0.5, 0.6) is 0 Å². The molecule has 2 fully saturated rings. The molecule has 3 nitrogen and oxygen atoms in total. The topological polar surface area (TPSA) is 45.4 Å². The Labute approximate surface area is 161 Å². The molecule has 4 rings (SSSR count). The fourth-order valence-corrected chi connectivity index (χ4v) is 4.86. The van der Waals surface area contributed by atoms with Crippen molar-refractivity contribution < 1.29 is 4.84 Å². The standard InChI is InChI=1S/C24H26N2O/c1-23(2)20-12-13-24(23,3)22(14-20)26-27-16-17-8-10-18(11-9-17)21-7-5-4-6-19(21)15-25/h4-11,20H,12-14,16H2,1-3H3/b26-22-. The van der Waals surface area contributed by atoms with E-state index in [0.717, 1.165) is 29.0 Å². The zero-order chi connectivity index (χ0) is 19.1. The fourth-order valence-electron chi connectivity index (χ4n) is 4.86. The highest BCUT2D eigenvalue weighted by Gasteiger charge is 2.60. The van der Waals surface area contributed by atoms with Crippen molar-refractivity contribution in [1.29, 1.82) is 5.26 Å². The maximum Gasteiger partial charge on any atom is 0.142 e. The molecule has 0 saturated heterocycles. The molecule has 2 aliphatic carbocycles. The summed E-state index contributed by atoms with van der Waals surface area (Å²) in [5, 5.41) is 13.8. The first-order chi connectivity index (χ1) is 13.0. The zero-order valence-electron chi connectivity index (χ0n) is 16.3. The molecule has 0 N–H and O–H groups in total. The predicted molar refractivity (Wildman–Crippen MR) is 108 cm³/mol. The number of hydrogen-bond donors (Lipinski definition) is 0. The third-order valence-electron chi connectivity index (χ3n) is 7.23. The molecule has 0 aromatic heterocycles. The van der Waals surface area contributed by atoms with Gasteiger partial charge in [0, 0.05) is 5.41 Å². The van der Waals surface area contributed by atoms with Crippen molar-refractivity contribution in [3.63, 3.8) is 0 Å². The van der Waals surface area contributed by atoms with E-state index in [1.807, 2.05) is 36.4 Å². The molecule has 0 aliphatic heterocycles. The number of benzene rings is 2. The Hall–Kier alpha value is -2.60. The molecule has 2 aromatic rings. The molecule has 2 aliphatic rings. The van der Waals surface area contributed by atoms with Crippen molar-refractivity contribution in [2.45, 2.75) is 46.6 Å². The smallest absolute Gasteiger partial charge is 0.142 e. The first kappa shape index (κ1) is 17.8. The Morgan fingerprint density at radius 2 is 1.85 bits per heavy atom. The largest absolute Gasteiger partial charge is 0.391 e. The fraction of sp³-hybridized carbons (Fsp3) is 0.417. The molecular formula is C24H26N2O. The quantitative estimate of drug-likeness (QED) is 0.635. The Morgan fingerprint density at radius 3 is 2.48 bits per heavy atom. The molecule has 0 radical (unpaired) electrons. The Kier molecular flexibility index (Phi) is 4.30. The van der Waals surface area contributed by atoms with Gasteiger partial charge in [-0.1, -0.05) is 68.4 Å². The summed E-state index contributed by atoms with van der Waals surface area (Å²) < 4.78 is 0. The van der Waals surface area contributed by atoms with Crippen LogP contribution in [0.3, 0.4) is 0 Å². The predicted octanol–water partition coefficient (Wildman–Crippen LogP) is 5.94. The van der Waals surface area contributed by atoms with Crippen molar-refractivity contribution in [2.24, 2.45) is 21.9 Å². The summed E-state index contributed by atoms with van der Waals surface area (Å²) >= 11 is 0. The van der Waals surface area contributed by atoms with Crippen molar-refractivity contribution in [2.75, 3.05) is 0 Å². The summed E-state index contributed by atoms with van der Waals surface area (Å²) in [5.41, 5.74) is 5.54. The molecule has 0 heterocycles. The third-order valence-corrected chi connectivity index (χ3v) is 7.23. The van der Waals surface area contributed by atoms with E-state index in [2.05, 4.69) is 44.1 Å². The Balaban J connectivity index is 1.44. The van der Waals surface area contributed by atoms with Crippen LogP contribution in [0.1, 0.15) is 51.2 Å². The molecular weight excluding hydrogens is 332 g/mol. The summed E-state index contributed by atoms with van der Waals surface area (Å²) in [6, 6.07) is 18.1. The van der Waals surface area contributed by atoms with E-state index in [1.54, 1.807) is 0 Å². The van der Waals surface area contributed by atoms with Gasteiger partial charge in [-0.2, -0.15) is 5.26 Å². The Bertz CT molecular complexity index is 920. The first-order valence-electron chi connectivity index (χ1n) is 9.73. The van der Waals surface area contributed by atoms with Crippen LogP contribution in [0, 0.1) is 28.1 Å². The maximum atomic E-state index is 9.27. The van der Waals surface area contributed by atoms with Crippen LogP contribution in [-0.4, -0.2) is 5.71 Å². The second kappa shape index (κ2) is 6.53. The third kappa shape index (κ3) is 2.84. The molecule has 138 valence electrons. The summed E-state index contributed by atoms with van der Waals surface area (Å²) in [6.45, 7) is 7.59. The molecule has 2 unspecified atom stereocenters. The van der Waals surface area contributed by atoms with E-state index in [1.165, 1.54) is 18.6 Å². The van der Waals surface area contributed by atoms with Gasteiger partial charge in [-0.3, -0.25) is 0 Å². The SMILES string of the molecule is CC12CCC(C/C1=N/OCc1ccc(-c3ccccc3C#N)cc1)C2(C)C. The monoisotopic (exact) mass is 358 g/mol. The molecule has 3 heteroatoms. The number of fused-ring (bicyclic) bond motifs is 2. The van der Waals surface area contributed by atoms with Gasteiger partial charge in [0.1, 0.15) is 6.61 Å². The van der Waals surface area contributed by atoms with E-state index < -0.39 is 0 Å². The lowest BCUT2D eigenvalue weighted by molar-refractivity contribution is 0.123. The van der Waals surface area contributed by atoms with Crippen molar-refractivity contribution in [1.82, 2.24) is 0 Å². The van der Waals surface area contributed by atoms with Crippen molar-refractivity contribution in [3.8, 4) is 17.2 Å². The van der Waals surface area contributed by atoms with E-state index in [0.29, 0.717) is 17.6 Å². The van der Waals surface area contributed by atoms with Crippen LogP contribution in [0.15, 0.2) is 53.7 Å². The van der Waals surface area contributed by atoms with Crippen molar-refractivity contribution >= 4 is 5.71 Å². The number of nitrogens with zero attached hydrogens (tertiary/aromatic N) is 2. The highest BCUT2D eigenvalue weighted by atomic mass is 16.6. The van der Waals surface area contributed by atoms with Gasteiger partial charge in [0.25, 0.3) is 0 Å². The highest BCUT2D eigenvalue weighted by Crippen LogP contribution is 2.64. The first-order valence-corrected chi connectivity index (χ1v) is 9.73. The molecule has 27 heavy (non-hydrogen) atoms. The minimum Gasteiger partial charge on any atom is -0.391 e. The van der Waals surface area contributed by atoms with Gasteiger partial charge < -0.3 is 4.84 Å². The lowest BCUT2D eigenvalue weighted by Crippen LogP contribution is -2.32. The van der Waals surface area contributed by atoms with Crippen LogP contribution in [0.4, 0.5) is 0 Å². The van der Waals surface area contributed by atoms with Gasteiger partial charge >= 0.3 is 0 Å². The molecule has 0 amide bonds. The van der Waals surface area contributed by atoms with Gasteiger partial charge in [-0.05, 0) is 53.4 Å². The molecule has 0 spiro atoms. The van der Waals surface area contributed by atoms with Gasteiger partial charge in [0.05, 0.1) is 17.3 Å². The van der Waals surface area contributed by atoms with Crippen LogP contribution in [0.25, 0.3) is 11.1 Å². The summed E-state index contributed by atoms with van der Waals surface area (Å²) in [6.07, 6.45) is 3.61. The second-order valence-electron chi connectivity index (χ2n) is 8.66. The zero-order valence-corrected chi connectivity index (χ0v) is 16.3. The van der Waals surface area contributed by atoms with Crippen LogP contribution < -0.4 is 0 Å². The van der Waals surface area contributed by atoms with Gasteiger partial charge in [-0.15, -0.1) is 0 Å². The minimum absolute atomic E-state index is 0.183. The molecule has 2 saturated carbocycles. The van der Waals surface area contributed by atoms with E-state index in [-0.39, 0.29) is 5.41 Å². The van der Waals surface area contributed by atoms with E-state index >= 15 is 0 Å². The van der Waals surface area contributed by atoms with Crippen LogP contribution in [0.2, 0.25) is 0 Å². The van der Waals surface area contributed by atoms with Crippen LogP contribution >= 0.6 is 0 Å². The van der Waals surface area contributed by atoms with Gasteiger partial charge in [-0.25, -0.2) is 0 Å². The summed E-state index contributed by atoms with van der Waals surface area (Å²) in [5.74, 6) is 0.740. The average Bonchev–Trinajstić information content (AvgIpc) is 3.02. The maximum absolute atomic E-state index is 9.27. The van der Waals surface area contributed by atoms with Gasteiger partial charge in [0.15, 0.2) is 0 Å². The van der Waals surface area contributed by atoms with Gasteiger partial charge in [0.2, 0.25) is 0 Å². The molecule has 2 aromatic carbocycles. The normalized spacial score (nSPS) is 26.9. The molecule has 2 atom stereocenters. The highest BCUT2D eigenvalue weighted by molar-refractivity contribution is 5.93.